The molecule has 1 saturated carbocycles. The molecule has 1 aliphatic carbocycles. The van der Waals surface area contributed by atoms with Crippen LogP contribution in [0.5, 0.6) is 0 Å². The van der Waals surface area contributed by atoms with E-state index in [1.165, 1.54) is 0 Å². The molecule has 0 saturated heterocycles. The van der Waals surface area contributed by atoms with Crippen LogP contribution < -0.4 is 5.73 Å². The van der Waals surface area contributed by atoms with Gasteiger partial charge in [0.25, 0.3) is 0 Å². The zero-order valence-electron chi connectivity index (χ0n) is 11.0. The van der Waals surface area contributed by atoms with Crippen LogP contribution in [0.25, 0.3) is 0 Å². The molecule has 0 amide bonds. The number of aryl methyl sites for hydroxylation is 2. The number of rotatable bonds is 2. The Balaban J connectivity index is 2.44. The Bertz CT molecular complexity index is 537. The third-order valence-corrected chi connectivity index (χ3v) is 6.24. The molecule has 0 bridgehead atoms. The lowest BCUT2D eigenvalue weighted by atomic mass is 9.96. The highest BCUT2D eigenvalue weighted by Gasteiger charge is 2.35. The van der Waals surface area contributed by atoms with Crippen LogP contribution in [-0.4, -0.2) is 19.7 Å². The Kier molecular flexibility index (Phi) is 3.78. The smallest absolute Gasteiger partial charge is 0.183 e. The highest BCUT2D eigenvalue weighted by Crippen LogP contribution is 2.30. The van der Waals surface area contributed by atoms with E-state index >= 15 is 0 Å². The van der Waals surface area contributed by atoms with Crippen molar-refractivity contribution in [2.24, 2.45) is 5.73 Å². The zero-order valence-corrected chi connectivity index (χ0v) is 11.8. The van der Waals surface area contributed by atoms with Crippen molar-refractivity contribution in [3.8, 4) is 0 Å². The van der Waals surface area contributed by atoms with E-state index in [0.717, 1.165) is 30.4 Å². The van der Waals surface area contributed by atoms with Gasteiger partial charge in [-0.3, -0.25) is 0 Å². The molecule has 0 radical (unpaired) electrons. The summed E-state index contributed by atoms with van der Waals surface area (Å²) in [7, 11) is -3.29. The maximum absolute atomic E-state index is 12.7. The van der Waals surface area contributed by atoms with Gasteiger partial charge in [0, 0.05) is 6.04 Å². The lowest BCUT2D eigenvalue weighted by Gasteiger charge is -2.28. The van der Waals surface area contributed by atoms with Gasteiger partial charge < -0.3 is 5.73 Å². The van der Waals surface area contributed by atoms with E-state index in [1.807, 2.05) is 26.0 Å². The fourth-order valence-corrected chi connectivity index (χ4v) is 4.95. The average molecular weight is 267 g/mol. The molecule has 4 heteroatoms. The van der Waals surface area contributed by atoms with Crippen molar-refractivity contribution in [3.05, 3.63) is 29.3 Å². The zero-order chi connectivity index (χ0) is 13.3. The van der Waals surface area contributed by atoms with Gasteiger partial charge in [0.2, 0.25) is 0 Å². The molecule has 2 atom stereocenters. The molecule has 3 nitrogen and oxygen atoms in total. The summed E-state index contributed by atoms with van der Waals surface area (Å²) in [5, 5.41) is -0.410. The summed E-state index contributed by atoms with van der Waals surface area (Å²) in [6.45, 7) is 3.76. The topological polar surface area (TPSA) is 60.2 Å². The Morgan fingerprint density at radius 2 is 1.83 bits per heavy atom. The Hall–Kier alpha value is -0.870. The Morgan fingerprint density at radius 3 is 2.50 bits per heavy atom. The molecule has 1 aliphatic rings. The van der Waals surface area contributed by atoms with Crippen molar-refractivity contribution < 1.29 is 8.42 Å². The summed E-state index contributed by atoms with van der Waals surface area (Å²) < 4.78 is 25.4. The normalized spacial score (nSPS) is 25.1. The first-order valence-corrected chi connectivity index (χ1v) is 8.04. The molecule has 2 rings (SSSR count). The maximum Gasteiger partial charge on any atom is 0.183 e. The third-order valence-electron chi connectivity index (χ3n) is 3.80. The van der Waals surface area contributed by atoms with Gasteiger partial charge in [0.15, 0.2) is 9.84 Å². The summed E-state index contributed by atoms with van der Waals surface area (Å²) >= 11 is 0. The SMILES string of the molecule is Cc1ccc(C)c(S(=O)(=O)C2CCCCC2N)c1. The fraction of sp³-hybridized carbons (Fsp3) is 0.571. The summed E-state index contributed by atoms with van der Waals surface area (Å²) in [6.07, 6.45) is 3.51. The number of hydrogen-bond donors (Lipinski definition) is 1. The first-order valence-electron chi connectivity index (χ1n) is 6.49. The van der Waals surface area contributed by atoms with Gasteiger partial charge >= 0.3 is 0 Å². The summed E-state index contributed by atoms with van der Waals surface area (Å²) in [4.78, 5) is 0.463. The van der Waals surface area contributed by atoms with E-state index in [9.17, 15) is 8.42 Å². The molecule has 1 aromatic rings. The van der Waals surface area contributed by atoms with Crippen LogP contribution in [0.4, 0.5) is 0 Å². The van der Waals surface area contributed by atoms with Crippen LogP contribution in [0, 0.1) is 13.8 Å². The molecule has 2 N–H and O–H groups in total. The molecular formula is C14H21NO2S. The second-order valence-electron chi connectivity index (χ2n) is 5.30. The average Bonchev–Trinajstić information content (AvgIpc) is 2.32. The van der Waals surface area contributed by atoms with Crippen molar-refractivity contribution in [1.82, 2.24) is 0 Å². The highest BCUT2D eigenvalue weighted by molar-refractivity contribution is 7.92. The van der Waals surface area contributed by atoms with Gasteiger partial charge in [-0.25, -0.2) is 8.42 Å². The van der Waals surface area contributed by atoms with Gasteiger partial charge in [-0.2, -0.15) is 0 Å². The van der Waals surface area contributed by atoms with Gasteiger partial charge in [0.1, 0.15) is 0 Å². The van der Waals surface area contributed by atoms with E-state index in [0.29, 0.717) is 11.3 Å². The van der Waals surface area contributed by atoms with Crippen LogP contribution in [0.2, 0.25) is 0 Å². The van der Waals surface area contributed by atoms with E-state index in [4.69, 9.17) is 5.73 Å². The third kappa shape index (κ3) is 2.45. The van der Waals surface area contributed by atoms with E-state index in [1.54, 1.807) is 6.07 Å². The lowest BCUT2D eigenvalue weighted by Crippen LogP contribution is -2.43. The lowest BCUT2D eigenvalue weighted by molar-refractivity contribution is 0.432. The molecule has 0 aromatic heterocycles. The van der Waals surface area contributed by atoms with Crippen LogP contribution in [0.1, 0.15) is 36.8 Å². The second-order valence-corrected chi connectivity index (χ2v) is 7.44. The molecule has 1 aromatic carbocycles. The van der Waals surface area contributed by atoms with Crippen molar-refractivity contribution in [1.29, 1.82) is 0 Å². The van der Waals surface area contributed by atoms with Crippen molar-refractivity contribution in [2.75, 3.05) is 0 Å². The van der Waals surface area contributed by atoms with Gasteiger partial charge in [-0.1, -0.05) is 25.0 Å². The largest absolute Gasteiger partial charge is 0.327 e. The van der Waals surface area contributed by atoms with Crippen LogP contribution >= 0.6 is 0 Å². The quantitative estimate of drug-likeness (QED) is 0.894. The minimum Gasteiger partial charge on any atom is -0.327 e. The first kappa shape index (κ1) is 13.6. The van der Waals surface area contributed by atoms with E-state index < -0.39 is 15.1 Å². The molecular weight excluding hydrogens is 246 g/mol. The predicted octanol–water partition coefficient (Wildman–Crippen LogP) is 2.35. The predicted molar refractivity (Wildman–Crippen MR) is 73.3 cm³/mol. The number of hydrogen-bond acceptors (Lipinski definition) is 3. The summed E-state index contributed by atoms with van der Waals surface area (Å²) in [5.41, 5.74) is 7.80. The maximum atomic E-state index is 12.7. The molecule has 0 heterocycles. The van der Waals surface area contributed by atoms with Gasteiger partial charge in [-0.05, 0) is 43.9 Å². The standard InChI is InChI=1S/C14H21NO2S/c1-10-7-8-11(2)14(9-10)18(16,17)13-6-4-3-5-12(13)15/h7-9,12-13H,3-6,15H2,1-2H3. The fourth-order valence-electron chi connectivity index (χ4n) is 2.69. The Labute approximate surface area is 109 Å². The first-order chi connectivity index (χ1) is 8.43. The summed E-state index contributed by atoms with van der Waals surface area (Å²) in [6, 6.07) is 5.36. The number of nitrogens with two attached hydrogens (primary N) is 1. The number of sulfone groups is 1. The van der Waals surface area contributed by atoms with Crippen LogP contribution in [-0.2, 0) is 9.84 Å². The minimum absolute atomic E-state index is 0.219. The Morgan fingerprint density at radius 1 is 1.17 bits per heavy atom. The van der Waals surface area contributed by atoms with Gasteiger partial charge in [-0.15, -0.1) is 0 Å². The van der Waals surface area contributed by atoms with E-state index in [-0.39, 0.29) is 6.04 Å². The van der Waals surface area contributed by atoms with E-state index in [2.05, 4.69) is 0 Å². The second kappa shape index (κ2) is 5.02. The van der Waals surface area contributed by atoms with Crippen molar-refractivity contribution in [3.63, 3.8) is 0 Å². The molecule has 1 fully saturated rings. The molecule has 0 spiro atoms. The van der Waals surface area contributed by atoms with Crippen LogP contribution in [0.15, 0.2) is 23.1 Å². The number of benzene rings is 1. The molecule has 0 aliphatic heterocycles. The monoisotopic (exact) mass is 267 g/mol. The van der Waals surface area contributed by atoms with Crippen molar-refractivity contribution in [2.45, 2.75) is 55.7 Å². The van der Waals surface area contributed by atoms with Crippen LogP contribution in [0.3, 0.4) is 0 Å². The molecule has 2 unspecified atom stereocenters. The van der Waals surface area contributed by atoms with Gasteiger partial charge in [0.05, 0.1) is 10.1 Å². The molecule has 18 heavy (non-hydrogen) atoms. The summed E-state index contributed by atoms with van der Waals surface area (Å²) in [5.74, 6) is 0. The van der Waals surface area contributed by atoms with Crippen molar-refractivity contribution >= 4 is 9.84 Å². The molecule has 100 valence electrons. The minimum atomic E-state index is -3.29. The highest BCUT2D eigenvalue weighted by atomic mass is 32.2.